The fraction of sp³-hybridized carbons (Fsp3) is 0.375. The van der Waals surface area contributed by atoms with Crippen LogP contribution in [0.25, 0.3) is 0 Å². The summed E-state index contributed by atoms with van der Waals surface area (Å²) in [7, 11) is 0. The first-order chi connectivity index (χ1) is 9.61. The molecule has 2 heterocycles. The van der Waals surface area contributed by atoms with Crippen LogP contribution in [0.3, 0.4) is 0 Å². The molecule has 2 aromatic heterocycles. The minimum absolute atomic E-state index is 0.0118. The van der Waals surface area contributed by atoms with Gasteiger partial charge in [-0.1, -0.05) is 6.92 Å². The zero-order chi connectivity index (χ0) is 14.5. The quantitative estimate of drug-likeness (QED) is 0.877. The van der Waals surface area contributed by atoms with Crippen LogP contribution in [0.5, 0.6) is 0 Å². The molecule has 106 valence electrons. The second-order valence-corrected chi connectivity index (χ2v) is 5.13. The zero-order valence-corrected chi connectivity index (χ0v) is 12.4. The second-order valence-electron chi connectivity index (χ2n) is 5.13. The Hall–Kier alpha value is -1.94. The van der Waals surface area contributed by atoms with Crippen LogP contribution in [-0.4, -0.2) is 16.5 Å². The van der Waals surface area contributed by atoms with Crippen LogP contribution >= 0.6 is 0 Å². The number of nitrogen functional groups attached to an aromatic ring is 1. The number of rotatable bonds is 5. The summed E-state index contributed by atoms with van der Waals surface area (Å²) in [4.78, 5) is 8.76. The van der Waals surface area contributed by atoms with Gasteiger partial charge < -0.3 is 11.1 Å². The molecule has 0 aliphatic rings. The van der Waals surface area contributed by atoms with Gasteiger partial charge in [0.25, 0.3) is 0 Å². The summed E-state index contributed by atoms with van der Waals surface area (Å²) in [5.41, 5.74) is 10.3. The van der Waals surface area contributed by atoms with E-state index in [0.717, 1.165) is 29.8 Å². The van der Waals surface area contributed by atoms with E-state index in [1.165, 1.54) is 5.56 Å². The average molecular weight is 270 g/mol. The molecule has 0 aromatic carbocycles. The third kappa shape index (κ3) is 3.33. The molecule has 0 fully saturated rings. The Morgan fingerprint density at radius 2 is 2.00 bits per heavy atom. The lowest BCUT2D eigenvalue weighted by Gasteiger charge is -2.20. The first-order valence-corrected chi connectivity index (χ1v) is 6.99. The summed E-state index contributed by atoms with van der Waals surface area (Å²) in [5, 5.41) is 3.51. The van der Waals surface area contributed by atoms with Gasteiger partial charge in [0.2, 0.25) is 0 Å². The Morgan fingerprint density at radius 3 is 2.70 bits per heavy atom. The Bertz CT molecular complexity index is 580. The summed E-state index contributed by atoms with van der Waals surface area (Å²) in [6.07, 6.45) is 4.69. The highest BCUT2D eigenvalue weighted by Crippen LogP contribution is 2.25. The Morgan fingerprint density at radius 1 is 1.20 bits per heavy atom. The summed E-state index contributed by atoms with van der Waals surface area (Å²) in [6.45, 7) is 7.15. The van der Waals surface area contributed by atoms with Gasteiger partial charge in [0.05, 0.1) is 11.7 Å². The predicted molar refractivity (Wildman–Crippen MR) is 82.5 cm³/mol. The van der Waals surface area contributed by atoms with Crippen LogP contribution in [0.1, 0.15) is 41.8 Å². The Kier molecular flexibility index (Phi) is 4.69. The summed E-state index contributed by atoms with van der Waals surface area (Å²) < 4.78 is 0. The van der Waals surface area contributed by atoms with Crippen LogP contribution in [-0.2, 0) is 0 Å². The van der Waals surface area contributed by atoms with Gasteiger partial charge in [0, 0.05) is 18.0 Å². The third-order valence-electron chi connectivity index (χ3n) is 3.23. The molecule has 0 aliphatic carbocycles. The lowest BCUT2D eigenvalue weighted by molar-refractivity contribution is 0.586. The van der Waals surface area contributed by atoms with Crippen molar-refractivity contribution in [3.8, 4) is 0 Å². The van der Waals surface area contributed by atoms with Crippen LogP contribution in [0.2, 0.25) is 0 Å². The van der Waals surface area contributed by atoms with E-state index in [9.17, 15) is 0 Å². The van der Waals surface area contributed by atoms with Gasteiger partial charge in [-0.2, -0.15) is 0 Å². The lowest BCUT2D eigenvalue weighted by atomic mass is 10.0. The third-order valence-corrected chi connectivity index (χ3v) is 3.23. The van der Waals surface area contributed by atoms with Gasteiger partial charge in [-0.3, -0.25) is 4.98 Å². The predicted octanol–water partition coefficient (Wildman–Crippen LogP) is 2.76. The number of hydrogen-bond acceptors (Lipinski definition) is 4. The maximum Gasteiger partial charge on any atom is 0.128 e. The normalized spacial score (nSPS) is 12.3. The van der Waals surface area contributed by atoms with E-state index in [0.29, 0.717) is 5.82 Å². The fourth-order valence-corrected chi connectivity index (χ4v) is 2.21. The summed E-state index contributed by atoms with van der Waals surface area (Å²) in [5.74, 6) is 0.563. The number of pyridine rings is 2. The Labute approximate surface area is 120 Å². The van der Waals surface area contributed by atoms with E-state index in [2.05, 4.69) is 41.3 Å². The van der Waals surface area contributed by atoms with Gasteiger partial charge in [-0.15, -0.1) is 0 Å². The van der Waals surface area contributed by atoms with E-state index in [1.807, 2.05) is 19.2 Å². The van der Waals surface area contributed by atoms with Crippen LogP contribution in [0.4, 0.5) is 5.82 Å². The van der Waals surface area contributed by atoms with E-state index >= 15 is 0 Å². The van der Waals surface area contributed by atoms with Crippen LogP contribution < -0.4 is 11.1 Å². The number of nitrogens with two attached hydrogens (primary N) is 1. The van der Waals surface area contributed by atoms with Gasteiger partial charge >= 0.3 is 0 Å². The highest BCUT2D eigenvalue weighted by molar-refractivity contribution is 5.46. The van der Waals surface area contributed by atoms with Gasteiger partial charge in [-0.05, 0) is 56.1 Å². The molecule has 0 spiro atoms. The molecule has 2 rings (SSSR count). The molecule has 0 aliphatic heterocycles. The maximum absolute atomic E-state index is 6.06. The fourth-order valence-electron chi connectivity index (χ4n) is 2.21. The number of anilines is 1. The molecule has 0 amide bonds. The van der Waals surface area contributed by atoms with Gasteiger partial charge in [-0.25, -0.2) is 4.98 Å². The largest absolute Gasteiger partial charge is 0.383 e. The van der Waals surface area contributed by atoms with Crippen molar-refractivity contribution < 1.29 is 0 Å². The number of aryl methyl sites for hydroxylation is 2. The van der Waals surface area contributed by atoms with E-state index in [-0.39, 0.29) is 6.04 Å². The SMILES string of the molecule is CCCNC(c1cc(C)ccn1)c1cc(C)cnc1N. The monoisotopic (exact) mass is 270 g/mol. The van der Waals surface area contributed by atoms with Crippen molar-refractivity contribution in [1.82, 2.24) is 15.3 Å². The van der Waals surface area contributed by atoms with E-state index in [4.69, 9.17) is 5.73 Å². The molecule has 0 saturated heterocycles. The number of nitrogens with zero attached hydrogens (tertiary/aromatic N) is 2. The lowest BCUT2D eigenvalue weighted by Crippen LogP contribution is -2.25. The highest BCUT2D eigenvalue weighted by Gasteiger charge is 2.18. The molecule has 1 atom stereocenters. The molecule has 4 nitrogen and oxygen atoms in total. The maximum atomic E-state index is 6.06. The number of hydrogen-bond donors (Lipinski definition) is 2. The molecular formula is C16H22N4. The van der Waals surface area contributed by atoms with Crippen molar-refractivity contribution in [3.63, 3.8) is 0 Å². The standard InChI is InChI=1S/C16H22N4/c1-4-6-19-15(14-9-11(2)5-7-18-14)13-8-12(3)10-20-16(13)17/h5,7-10,15,19H,4,6H2,1-3H3,(H2,17,20). The summed E-state index contributed by atoms with van der Waals surface area (Å²) in [6, 6.07) is 6.16. The molecule has 4 heteroatoms. The first-order valence-electron chi connectivity index (χ1n) is 6.99. The summed E-state index contributed by atoms with van der Waals surface area (Å²) >= 11 is 0. The topological polar surface area (TPSA) is 63.8 Å². The Balaban J connectivity index is 2.44. The zero-order valence-electron chi connectivity index (χ0n) is 12.4. The van der Waals surface area contributed by atoms with Crippen molar-refractivity contribution in [2.24, 2.45) is 0 Å². The molecule has 0 saturated carbocycles. The number of nitrogens with one attached hydrogen (secondary N) is 1. The van der Waals surface area contributed by atoms with Gasteiger partial charge in [0.15, 0.2) is 0 Å². The molecule has 1 unspecified atom stereocenters. The van der Waals surface area contributed by atoms with Crippen LogP contribution in [0.15, 0.2) is 30.6 Å². The molecule has 2 aromatic rings. The van der Waals surface area contributed by atoms with E-state index < -0.39 is 0 Å². The second kappa shape index (κ2) is 6.48. The minimum Gasteiger partial charge on any atom is -0.383 e. The van der Waals surface area contributed by atoms with Crippen molar-refractivity contribution >= 4 is 5.82 Å². The molecule has 0 radical (unpaired) electrons. The number of aromatic nitrogens is 2. The molecule has 3 N–H and O–H groups in total. The van der Waals surface area contributed by atoms with Crippen molar-refractivity contribution in [2.75, 3.05) is 12.3 Å². The smallest absolute Gasteiger partial charge is 0.128 e. The van der Waals surface area contributed by atoms with Crippen LogP contribution in [0, 0.1) is 13.8 Å². The molecule has 0 bridgehead atoms. The first kappa shape index (κ1) is 14.5. The van der Waals surface area contributed by atoms with Crippen molar-refractivity contribution in [3.05, 3.63) is 53.0 Å². The average Bonchev–Trinajstić information content (AvgIpc) is 2.43. The van der Waals surface area contributed by atoms with Crippen molar-refractivity contribution in [2.45, 2.75) is 33.2 Å². The molecular weight excluding hydrogens is 248 g/mol. The highest BCUT2D eigenvalue weighted by atomic mass is 15.0. The molecule has 20 heavy (non-hydrogen) atoms. The minimum atomic E-state index is -0.0118. The van der Waals surface area contributed by atoms with Crippen molar-refractivity contribution in [1.29, 1.82) is 0 Å². The van der Waals surface area contributed by atoms with E-state index in [1.54, 1.807) is 6.20 Å². The van der Waals surface area contributed by atoms with Gasteiger partial charge in [0.1, 0.15) is 5.82 Å².